The zero-order valence-corrected chi connectivity index (χ0v) is 5.49. The van der Waals surface area contributed by atoms with Gasteiger partial charge in [-0.05, 0) is 13.8 Å². The molecular formula is C6H11NO. The smallest absolute Gasteiger partial charge is 0.208 e. The Balaban J connectivity index is 3.83. The summed E-state index contributed by atoms with van der Waals surface area (Å²) in [5.74, 6) is 0.243. The summed E-state index contributed by atoms with van der Waals surface area (Å²) in [6.07, 6.45) is 1.84. The van der Waals surface area contributed by atoms with Crippen LogP contribution >= 0.6 is 0 Å². The average Bonchev–Trinajstić information content (AvgIpc) is 1.84. The Morgan fingerprint density at radius 1 is 1.62 bits per heavy atom. The van der Waals surface area contributed by atoms with Gasteiger partial charge in [0.25, 0.3) is 0 Å². The second kappa shape index (κ2) is 3.24. The first-order valence-corrected chi connectivity index (χ1v) is 2.48. The standard InChI is InChI=1S/C6H11NO/c1-4-5(2)6(7)8-3/h4,7H,1-3H3/b5-4-,7-6?. The van der Waals surface area contributed by atoms with Gasteiger partial charge in [-0.3, -0.25) is 5.41 Å². The van der Waals surface area contributed by atoms with E-state index >= 15 is 0 Å². The van der Waals surface area contributed by atoms with Gasteiger partial charge in [-0.1, -0.05) is 6.08 Å². The molecule has 0 spiro atoms. The van der Waals surface area contributed by atoms with E-state index in [-0.39, 0.29) is 5.90 Å². The van der Waals surface area contributed by atoms with Crippen molar-refractivity contribution in [2.24, 2.45) is 0 Å². The highest BCUT2D eigenvalue weighted by Gasteiger charge is 1.92. The molecule has 46 valence electrons. The van der Waals surface area contributed by atoms with Crippen LogP contribution < -0.4 is 0 Å². The van der Waals surface area contributed by atoms with Crippen LogP contribution in [0.1, 0.15) is 13.8 Å². The largest absolute Gasteiger partial charge is 0.481 e. The predicted molar refractivity (Wildman–Crippen MR) is 34.2 cm³/mol. The molecule has 2 heteroatoms. The van der Waals surface area contributed by atoms with Gasteiger partial charge < -0.3 is 4.74 Å². The van der Waals surface area contributed by atoms with Gasteiger partial charge in [0.15, 0.2) is 0 Å². The van der Waals surface area contributed by atoms with E-state index in [1.807, 2.05) is 19.9 Å². The maximum atomic E-state index is 7.05. The third-order valence-electron chi connectivity index (χ3n) is 0.995. The Morgan fingerprint density at radius 2 is 2.12 bits per heavy atom. The SMILES string of the molecule is C/C=C(/C)C(=N)OC. The summed E-state index contributed by atoms with van der Waals surface area (Å²) in [6.45, 7) is 3.72. The molecule has 0 heterocycles. The fraction of sp³-hybridized carbons (Fsp3) is 0.500. The molecule has 1 N–H and O–H groups in total. The van der Waals surface area contributed by atoms with E-state index in [4.69, 9.17) is 5.41 Å². The lowest BCUT2D eigenvalue weighted by atomic mass is 10.3. The van der Waals surface area contributed by atoms with Gasteiger partial charge in [-0.15, -0.1) is 0 Å². The van der Waals surface area contributed by atoms with Gasteiger partial charge in [0, 0.05) is 5.57 Å². The predicted octanol–water partition coefficient (Wildman–Crippen LogP) is 1.58. The van der Waals surface area contributed by atoms with Gasteiger partial charge in [-0.25, -0.2) is 0 Å². The van der Waals surface area contributed by atoms with E-state index in [1.54, 1.807) is 0 Å². The van der Waals surface area contributed by atoms with E-state index in [2.05, 4.69) is 4.74 Å². The lowest BCUT2D eigenvalue weighted by Gasteiger charge is -1.98. The summed E-state index contributed by atoms with van der Waals surface area (Å²) in [4.78, 5) is 0. The summed E-state index contributed by atoms with van der Waals surface area (Å²) in [7, 11) is 1.50. The molecule has 8 heavy (non-hydrogen) atoms. The third kappa shape index (κ3) is 1.78. The van der Waals surface area contributed by atoms with Crippen molar-refractivity contribution in [3.05, 3.63) is 11.6 Å². The molecule has 0 saturated heterocycles. The Labute approximate surface area is 49.7 Å². The van der Waals surface area contributed by atoms with Crippen LogP contribution in [0.25, 0.3) is 0 Å². The molecule has 0 aromatic carbocycles. The second-order valence-corrected chi connectivity index (χ2v) is 1.50. The molecule has 0 fully saturated rings. The molecule has 0 aromatic heterocycles. The minimum absolute atomic E-state index is 0.243. The second-order valence-electron chi connectivity index (χ2n) is 1.50. The molecule has 0 aromatic rings. The van der Waals surface area contributed by atoms with E-state index in [0.29, 0.717) is 0 Å². The minimum atomic E-state index is 0.243. The van der Waals surface area contributed by atoms with Crippen LogP contribution in [0, 0.1) is 5.41 Å². The van der Waals surface area contributed by atoms with E-state index in [9.17, 15) is 0 Å². The summed E-state index contributed by atoms with van der Waals surface area (Å²) in [6, 6.07) is 0. The van der Waals surface area contributed by atoms with Crippen molar-refractivity contribution in [1.82, 2.24) is 0 Å². The fourth-order valence-electron chi connectivity index (χ4n) is 0.292. The number of rotatable bonds is 1. The zero-order valence-electron chi connectivity index (χ0n) is 5.49. The lowest BCUT2D eigenvalue weighted by Crippen LogP contribution is -1.98. The van der Waals surface area contributed by atoms with Crippen molar-refractivity contribution < 1.29 is 4.74 Å². The van der Waals surface area contributed by atoms with E-state index < -0.39 is 0 Å². The third-order valence-corrected chi connectivity index (χ3v) is 0.995. The molecule has 0 unspecified atom stereocenters. The van der Waals surface area contributed by atoms with Gasteiger partial charge in [0.05, 0.1) is 7.11 Å². The van der Waals surface area contributed by atoms with Crippen LogP contribution in [0.4, 0.5) is 0 Å². The van der Waals surface area contributed by atoms with Gasteiger partial charge >= 0.3 is 0 Å². The maximum absolute atomic E-state index is 7.05. The van der Waals surface area contributed by atoms with E-state index in [1.165, 1.54) is 7.11 Å². The van der Waals surface area contributed by atoms with Gasteiger partial charge in [0.2, 0.25) is 5.90 Å². The summed E-state index contributed by atoms with van der Waals surface area (Å²) < 4.78 is 4.62. The maximum Gasteiger partial charge on any atom is 0.208 e. The monoisotopic (exact) mass is 113 g/mol. The number of hydrogen-bond acceptors (Lipinski definition) is 2. The van der Waals surface area contributed by atoms with Gasteiger partial charge in [-0.2, -0.15) is 0 Å². The van der Waals surface area contributed by atoms with Crippen molar-refractivity contribution in [3.8, 4) is 0 Å². The average molecular weight is 113 g/mol. The minimum Gasteiger partial charge on any atom is -0.481 e. The quantitative estimate of drug-likeness (QED) is 0.406. The summed E-state index contributed by atoms with van der Waals surface area (Å²) in [5.41, 5.74) is 0.868. The van der Waals surface area contributed by atoms with Crippen molar-refractivity contribution in [3.63, 3.8) is 0 Å². The Hall–Kier alpha value is -0.790. The van der Waals surface area contributed by atoms with Crippen molar-refractivity contribution >= 4 is 5.90 Å². The topological polar surface area (TPSA) is 33.1 Å². The van der Waals surface area contributed by atoms with Crippen LogP contribution in [-0.2, 0) is 4.74 Å². The van der Waals surface area contributed by atoms with Crippen LogP contribution in [0.2, 0.25) is 0 Å². The van der Waals surface area contributed by atoms with Crippen LogP contribution in [0.5, 0.6) is 0 Å². The molecular weight excluding hydrogens is 102 g/mol. The molecule has 0 saturated carbocycles. The number of ether oxygens (including phenoxy) is 1. The Morgan fingerprint density at radius 3 is 2.25 bits per heavy atom. The zero-order chi connectivity index (χ0) is 6.57. The number of hydrogen-bond donors (Lipinski definition) is 1. The Kier molecular flexibility index (Phi) is 2.92. The highest BCUT2D eigenvalue weighted by atomic mass is 16.5. The Bertz CT molecular complexity index is 116. The highest BCUT2D eigenvalue weighted by Crippen LogP contribution is 1.92. The first-order valence-electron chi connectivity index (χ1n) is 2.48. The van der Waals surface area contributed by atoms with Crippen LogP contribution in [-0.4, -0.2) is 13.0 Å². The molecule has 0 atom stereocenters. The van der Waals surface area contributed by atoms with Gasteiger partial charge in [0.1, 0.15) is 0 Å². The van der Waals surface area contributed by atoms with E-state index in [0.717, 1.165) is 5.57 Å². The van der Waals surface area contributed by atoms with Crippen molar-refractivity contribution in [1.29, 1.82) is 5.41 Å². The lowest BCUT2D eigenvalue weighted by molar-refractivity contribution is 0.400. The molecule has 0 bridgehead atoms. The molecule has 0 rings (SSSR count). The molecule has 0 aliphatic carbocycles. The molecule has 2 nitrogen and oxygen atoms in total. The number of nitrogens with one attached hydrogen (secondary N) is 1. The number of allylic oxidation sites excluding steroid dienone is 1. The van der Waals surface area contributed by atoms with Crippen LogP contribution in [0.3, 0.4) is 0 Å². The summed E-state index contributed by atoms with van der Waals surface area (Å²) >= 11 is 0. The van der Waals surface area contributed by atoms with Crippen LogP contribution in [0.15, 0.2) is 11.6 Å². The summed E-state index contributed by atoms with van der Waals surface area (Å²) in [5, 5.41) is 7.05. The van der Waals surface area contributed by atoms with Crippen molar-refractivity contribution in [2.75, 3.05) is 7.11 Å². The molecule has 0 aliphatic heterocycles. The first kappa shape index (κ1) is 7.21. The molecule has 0 radical (unpaired) electrons. The molecule has 0 aliphatic rings. The highest BCUT2D eigenvalue weighted by molar-refractivity contribution is 5.89. The number of methoxy groups -OCH3 is 1. The molecule has 0 amide bonds. The normalized spacial score (nSPS) is 11.1. The van der Waals surface area contributed by atoms with Crippen molar-refractivity contribution in [2.45, 2.75) is 13.8 Å². The fourth-order valence-corrected chi connectivity index (χ4v) is 0.292. The first-order chi connectivity index (χ1) is 3.72.